The molecule has 0 saturated heterocycles. The Labute approximate surface area is 145 Å². The highest BCUT2D eigenvalue weighted by molar-refractivity contribution is 9.10. The number of hydrogen-bond donors (Lipinski definition) is 2. The van der Waals surface area contributed by atoms with E-state index in [-0.39, 0.29) is 23.6 Å². The normalized spacial score (nSPS) is 11.4. The molecule has 0 aliphatic carbocycles. The first-order chi connectivity index (χ1) is 10.9. The summed E-state index contributed by atoms with van der Waals surface area (Å²) in [6.45, 7) is 0.390. The molecule has 0 atom stereocenters. The number of methoxy groups -OCH3 is 1. The molecule has 23 heavy (non-hydrogen) atoms. The first-order valence-electron chi connectivity index (χ1n) is 6.29. The minimum absolute atomic E-state index is 0.0146. The molecule has 2 aromatic rings. The lowest BCUT2D eigenvalue weighted by atomic mass is 10.2. The number of carbonyl (C=O) groups is 1. The minimum Gasteiger partial charge on any atom is -0.383 e. The fourth-order valence-electron chi connectivity index (χ4n) is 1.60. The van der Waals surface area contributed by atoms with Crippen LogP contribution in [-0.4, -0.2) is 44.8 Å². The van der Waals surface area contributed by atoms with Crippen molar-refractivity contribution < 1.29 is 17.9 Å². The lowest BCUT2D eigenvalue weighted by molar-refractivity contribution is 0.102. The first kappa shape index (κ1) is 17.9. The number of rotatable bonds is 7. The van der Waals surface area contributed by atoms with Crippen LogP contribution in [0.4, 0.5) is 5.13 Å². The molecule has 1 aromatic heterocycles. The van der Waals surface area contributed by atoms with Crippen LogP contribution in [0.15, 0.2) is 33.1 Å². The molecule has 0 saturated carbocycles. The van der Waals surface area contributed by atoms with Crippen molar-refractivity contribution in [1.29, 1.82) is 0 Å². The van der Waals surface area contributed by atoms with E-state index in [1.165, 1.54) is 30.8 Å². The second kappa shape index (κ2) is 7.93. The maximum Gasteiger partial charge on any atom is 0.258 e. The Morgan fingerprint density at radius 1 is 1.43 bits per heavy atom. The van der Waals surface area contributed by atoms with E-state index in [9.17, 15) is 13.2 Å². The highest BCUT2D eigenvalue weighted by Crippen LogP contribution is 2.22. The van der Waals surface area contributed by atoms with Crippen LogP contribution < -0.4 is 10.0 Å². The number of nitrogens with zero attached hydrogens (tertiary/aromatic N) is 2. The van der Waals surface area contributed by atoms with Crippen molar-refractivity contribution in [2.75, 3.05) is 25.6 Å². The summed E-state index contributed by atoms with van der Waals surface area (Å²) in [6.07, 6.45) is 0. The summed E-state index contributed by atoms with van der Waals surface area (Å²) in [7, 11) is -2.25. The molecule has 0 unspecified atom stereocenters. The van der Waals surface area contributed by atoms with Crippen LogP contribution >= 0.6 is 27.3 Å². The zero-order valence-electron chi connectivity index (χ0n) is 11.9. The molecule has 0 fully saturated rings. The number of anilines is 1. The number of sulfonamides is 1. The Kier molecular flexibility index (Phi) is 6.18. The van der Waals surface area contributed by atoms with Crippen LogP contribution in [0.2, 0.25) is 0 Å². The maximum absolute atomic E-state index is 12.2. The van der Waals surface area contributed by atoms with E-state index in [0.717, 1.165) is 11.3 Å². The van der Waals surface area contributed by atoms with Crippen molar-refractivity contribution in [3.8, 4) is 0 Å². The van der Waals surface area contributed by atoms with E-state index < -0.39 is 15.9 Å². The largest absolute Gasteiger partial charge is 0.383 e. The van der Waals surface area contributed by atoms with Crippen LogP contribution in [0.3, 0.4) is 0 Å². The summed E-state index contributed by atoms with van der Waals surface area (Å²) in [5.74, 6) is -0.484. The molecule has 0 aliphatic heterocycles. The number of halogens is 1. The molecule has 0 bridgehead atoms. The Morgan fingerprint density at radius 3 is 2.87 bits per heavy atom. The average molecular weight is 421 g/mol. The Hall–Kier alpha value is -1.40. The minimum atomic E-state index is -3.72. The van der Waals surface area contributed by atoms with Crippen molar-refractivity contribution in [2.45, 2.75) is 4.90 Å². The Bertz CT molecular complexity index is 780. The predicted octanol–water partition coefficient (Wildman–Crippen LogP) is 1.48. The number of nitrogens with one attached hydrogen (secondary N) is 2. The summed E-state index contributed by atoms with van der Waals surface area (Å²) >= 11 is 4.40. The SMILES string of the molecule is COCCNS(=O)(=O)c1ccc(Br)c(C(=O)Nc2nncs2)c1. The van der Waals surface area contributed by atoms with Crippen molar-refractivity contribution in [3.63, 3.8) is 0 Å². The highest BCUT2D eigenvalue weighted by Gasteiger charge is 2.19. The molecule has 1 amide bonds. The van der Waals surface area contributed by atoms with Gasteiger partial charge in [-0.2, -0.15) is 0 Å². The third-order valence-electron chi connectivity index (χ3n) is 2.67. The topological polar surface area (TPSA) is 110 Å². The van der Waals surface area contributed by atoms with Crippen LogP contribution in [0.1, 0.15) is 10.4 Å². The Balaban J connectivity index is 2.23. The van der Waals surface area contributed by atoms with Gasteiger partial charge in [-0.05, 0) is 34.1 Å². The first-order valence-corrected chi connectivity index (χ1v) is 9.45. The monoisotopic (exact) mass is 420 g/mol. The van der Waals surface area contributed by atoms with E-state index in [2.05, 4.69) is 36.2 Å². The molecule has 0 radical (unpaired) electrons. The van der Waals surface area contributed by atoms with Gasteiger partial charge in [-0.25, -0.2) is 13.1 Å². The van der Waals surface area contributed by atoms with Gasteiger partial charge < -0.3 is 4.74 Å². The lowest BCUT2D eigenvalue weighted by Gasteiger charge is -2.09. The van der Waals surface area contributed by atoms with Gasteiger partial charge in [0.15, 0.2) is 0 Å². The molecule has 8 nitrogen and oxygen atoms in total. The number of aromatic nitrogens is 2. The summed E-state index contributed by atoms with van der Waals surface area (Å²) in [5, 5.41) is 10.2. The number of amides is 1. The maximum atomic E-state index is 12.2. The van der Waals surface area contributed by atoms with Gasteiger partial charge in [-0.15, -0.1) is 10.2 Å². The van der Waals surface area contributed by atoms with Crippen LogP contribution in [0.5, 0.6) is 0 Å². The molecule has 1 aromatic carbocycles. The highest BCUT2D eigenvalue weighted by atomic mass is 79.9. The molecule has 1 heterocycles. The quantitative estimate of drug-likeness (QED) is 0.656. The standard InChI is InChI=1S/C12H13BrN4O4S2/c1-21-5-4-15-23(19,20)8-2-3-10(13)9(6-8)11(18)16-12-17-14-7-22-12/h2-3,6-7,15H,4-5H2,1H3,(H,16,17,18). The lowest BCUT2D eigenvalue weighted by Crippen LogP contribution is -2.27. The summed E-state index contributed by atoms with van der Waals surface area (Å²) in [6, 6.07) is 4.19. The molecular formula is C12H13BrN4O4S2. The third-order valence-corrected chi connectivity index (χ3v) is 5.43. The van der Waals surface area contributed by atoms with Crippen molar-refractivity contribution in [3.05, 3.63) is 33.7 Å². The number of benzene rings is 1. The van der Waals surface area contributed by atoms with Crippen LogP contribution in [-0.2, 0) is 14.8 Å². The van der Waals surface area contributed by atoms with Crippen molar-refractivity contribution in [1.82, 2.24) is 14.9 Å². The van der Waals surface area contributed by atoms with Gasteiger partial charge in [0, 0.05) is 18.1 Å². The fraction of sp³-hybridized carbons (Fsp3) is 0.250. The number of ether oxygens (including phenoxy) is 1. The van der Waals surface area contributed by atoms with E-state index in [1.54, 1.807) is 0 Å². The predicted molar refractivity (Wildman–Crippen MR) is 89.1 cm³/mol. The second-order valence-electron chi connectivity index (χ2n) is 4.23. The zero-order valence-corrected chi connectivity index (χ0v) is 15.2. The molecule has 2 rings (SSSR count). The number of hydrogen-bond acceptors (Lipinski definition) is 7. The van der Waals surface area contributed by atoms with E-state index in [0.29, 0.717) is 9.60 Å². The van der Waals surface area contributed by atoms with Crippen molar-refractivity contribution in [2.24, 2.45) is 0 Å². The second-order valence-corrected chi connectivity index (χ2v) is 7.68. The van der Waals surface area contributed by atoms with E-state index in [4.69, 9.17) is 4.74 Å². The van der Waals surface area contributed by atoms with Gasteiger partial charge in [0.05, 0.1) is 17.1 Å². The van der Waals surface area contributed by atoms with Gasteiger partial charge >= 0.3 is 0 Å². The van der Waals surface area contributed by atoms with Gasteiger partial charge in [-0.3, -0.25) is 10.1 Å². The van der Waals surface area contributed by atoms with Gasteiger partial charge in [-0.1, -0.05) is 11.3 Å². The molecule has 11 heteroatoms. The van der Waals surface area contributed by atoms with E-state index >= 15 is 0 Å². The summed E-state index contributed by atoms with van der Waals surface area (Å²) < 4.78 is 32.0. The van der Waals surface area contributed by atoms with Crippen molar-refractivity contribution >= 4 is 48.3 Å². The third kappa shape index (κ3) is 4.78. The molecule has 0 aliphatic rings. The van der Waals surface area contributed by atoms with E-state index in [1.807, 2.05) is 0 Å². The number of carbonyl (C=O) groups excluding carboxylic acids is 1. The fourth-order valence-corrected chi connectivity index (χ4v) is 3.50. The molecule has 2 N–H and O–H groups in total. The average Bonchev–Trinajstić information content (AvgIpc) is 3.00. The molecular weight excluding hydrogens is 408 g/mol. The summed E-state index contributed by atoms with van der Waals surface area (Å²) in [4.78, 5) is 12.2. The molecule has 124 valence electrons. The Morgan fingerprint density at radius 2 is 2.22 bits per heavy atom. The van der Waals surface area contributed by atoms with Crippen LogP contribution in [0.25, 0.3) is 0 Å². The van der Waals surface area contributed by atoms with Crippen LogP contribution in [0, 0.1) is 0 Å². The zero-order chi connectivity index (χ0) is 16.9. The van der Waals surface area contributed by atoms with Gasteiger partial charge in [0.2, 0.25) is 15.2 Å². The van der Waals surface area contributed by atoms with Gasteiger partial charge in [0.25, 0.3) is 5.91 Å². The smallest absolute Gasteiger partial charge is 0.258 e. The van der Waals surface area contributed by atoms with Gasteiger partial charge in [0.1, 0.15) is 5.51 Å². The molecule has 0 spiro atoms. The summed E-state index contributed by atoms with van der Waals surface area (Å²) in [5.41, 5.74) is 1.65.